The largest absolute Gasteiger partial charge is 0.493 e. The van der Waals surface area contributed by atoms with Gasteiger partial charge in [-0.2, -0.15) is 0 Å². The number of methoxy groups -OCH3 is 2. The molecule has 1 unspecified atom stereocenters. The van der Waals surface area contributed by atoms with Crippen molar-refractivity contribution in [3.63, 3.8) is 0 Å². The number of anilines is 1. The van der Waals surface area contributed by atoms with Crippen LogP contribution in [0.25, 0.3) is 0 Å². The average molecular weight is 667 g/mol. The lowest BCUT2D eigenvalue weighted by molar-refractivity contribution is 0.0280. The molecular weight excluding hydrogens is 612 g/mol. The number of ether oxygens (including phenoxy) is 4. The van der Waals surface area contributed by atoms with Crippen molar-refractivity contribution in [2.24, 2.45) is 17.8 Å². The van der Waals surface area contributed by atoms with Gasteiger partial charge in [0, 0.05) is 82.0 Å². The molecule has 2 aliphatic rings. The first-order chi connectivity index (χ1) is 22.8. The van der Waals surface area contributed by atoms with Crippen LogP contribution in [0.4, 0.5) is 15.3 Å². The second-order valence-electron chi connectivity index (χ2n) is 14.1. The van der Waals surface area contributed by atoms with Gasteiger partial charge < -0.3 is 34.1 Å². The number of amides is 4. The Hall–Kier alpha value is -3.99. The summed E-state index contributed by atoms with van der Waals surface area (Å²) in [6.07, 6.45) is 2.32. The normalized spacial score (nSPS) is 18.3. The summed E-state index contributed by atoms with van der Waals surface area (Å²) in [5.41, 5.74) is 0.632. The number of carbonyl (C=O) groups excluding carboxylic acids is 3. The predicted octanol–water partition coefficient (Wildman–Crippen LogP) is 6.07. The molecule has 0 aromatic heterocycles. The van der Waals surface area contributed by atoms with Crippen LogP contribution in [0.3, 0.4) is 0 Å². The van der Waals surface area contributed by atoms with Gasteiger partial charge >= 0.3 is 12.1 Å². The molecule has 2 fully saturated rings. The van der Waals surface area contributed by atoms with Gasteiger partial charge in [-0.15, -0.1) is 0 Å². The van der Waals surface area contributed by atoms with E-state index in [0.29, 0.717) is 62.2 Å². The number of urea groups is 1. The summed E-state index contributed by atoms with van der Waals surface area (Å²) in [6.45, 7) is 11.8. The maximum atomic E-state index is 14.2. The Morgan fingerprint density at radius 2 is 1.69 bits per heavy atom. The molecule has 1 aliphatic carbocycles. The van der Waals surface area contributed by atoms with E-state index in [2.05, 4.69) is 5.32 Å². The van der Waals surface area contributed by atoms with Crippen LogP contribution < -0.4 is 19.7 Å². The molecule has 1 saturated carbocycles. The van der Waals surface area contributed by atoms with E-state index in [-0.39, 0.29) is 42.0 Å². The zero-order valence-corrected chi connectivity index (χ0v) is 29.9. The van der Waals surface area contributed by atoms with Crippen molar-refractivity contribution in [1.29, 1.82) is 0 Å². The number of hydrogen-bond donors (Lipinski definition) is 1. The summed E-state index contributed by atoms with van der Waals surface area (Å²) in [5.74, 6) is 1.03. The minimum Gasteiger partial charge on any atom is -0.493 e. The molecule has 48 heavy (non-hydrogen) atoms. The van der Waals surface area contributed by atoms with Crippen LogP contribution in [0.2, 0.25) is 0 Å². The number of rotatable bonds is 14. The number of para-hydroxylation sites is 1. The SMILES string of the molecule is COCCCOc1cc(C(=O)N(C[C@@H]2CN(C(=O)OC(C)(C)C)C[C@@H]2C(NC(=O)N(C)c2ccccc2)C2CC2)C(C)C)ccc1OC. The highest BCUT2D eigenvalue weighted by Gasteiger charge is 2.48. The highest BCUT2D eigenvalue weighted by atomic mass is 16.6. The molecule has 3 atom stereocenters. The Morgan fingerprint density at radius 3 is 2.29 bits per heavy atom. The lowest BCUT2D eigenvalue weighted by Gasteiger charge is -2.35. The van der Waals surface area contributed by atoms with Gasteiger partial charge in [0.25, 0.3) is 5.91 Å². The van der Waals surface area contributed by atoms with Crippen molar-refractivity contribution in [2.75, 3.05) is 59.0 Å². The summed E-state index contributed by atoms with van der Waals surface area (Å²) in [7, 11) is 4.98. The number of nitrogens with zero attached hydrogens (tertiary/aromatic N) is 3. The number of hydrogen-bond acceptors (Lipinski definition) is 7. The molecule has 0 bridgehead atoms. The van der Waals surface area contributed by atoms with Crippen LogP contribution in [0.1, 0.15) is 64.2 Å². The molecule has 264 valence electrons. The second kappa shape index (κ2) is 16.4. The molecule has 1 aliphatic heterocycles. The molecule has 1 saturated heterocycles. The van der Waals surface area contributed by atoms with Crippen LogP contribution in [-0.2, 0) is 9.47 Å². The van der Waals surface area contributed by atoms with Gasteiger partial charge in [0.05, 0.1) is 13.7 Å². The van der Waals surface area contributed by atoms with Gasteiger partial charge in [0.15, 0.2) is 11.5 Å². The predicted molar refractivity (Wildman–Crippen MR) is 186 cm³/mol. The van der Waals surface area contributed by atoms with Crippen molar-refractivity contribution in [1.82, 2.24) is 15.1 Å². The van der Waals surface area contributed by atoms with Gasteiger partial charge in [-0.1, -0.05) is 18.2 Å². The lowest BCUT2D eigenvalue weighted by Crippen LogP contribution is -2.51. The third kappa shape index (κ3) is 9.78. The van der Waals surface area contributed by atoms with Crippen LogP contribution in [0, 0.1) is 17.8 Å². The fourth-order valence-corrected chi connectivity index (χ4v) is 6.26. The summed E-state index contributed by atoms with van der Waals surface area (Å²) in [4.78, 5) is 46.4. The fourth-order valence-electron chi connectivity index (χ4n) is 6.26. The van der Waals surface area contributed by atoms with Gasteiger partial charge in [0.2, 0.25) is 0 Å². The molecule has 11 heteroatoms. The molecule has 1 N–H and O–H groups in total. The third-order valence-electron chi connectivity index (χ3n) is 8.95. The van der Waals surface area contributed by atoms with Crippen LogP contribution in [0.5, 0.6) is 11.5 Å². The van der Waals surface area contributed by atoms with E-state index in [1.54, 1.807) is 49.3 Å². The molecular formula is C37H54N4O7. The average Bonchev–Trinajstić information content (AvgIpc) is 3.81. The molecule has 2 aromatic carbocycles. The van der Waals surface area contributed by atoms with Gasteiger partial charge in [-0.3, -0.25) is 9.69 Å². The van der Waals surface area contributed by atoms with E-state index in [4.69, 9.17) is 18.9 Å². The Kier molecular flexibility index (Phi) is 12.6. The third-order valence-corrected chi connectivity index (χ3v) is 8.95. The van der Waals surface area contributed by atoms with Crippen LogP contribution >= 0.6 is 0 Å². The van der Waals surface area contributed by atoms with Crippen molar-refractivity contribution >= 4 is 23.7 Å². The van der Waals surface area contributed by atoms with E-state index >= 15 is 0 Å². The quantitative estimate of drug-likeness (QED) is 0.244. The minimum absolute atomic E-state index is 0.0808. The molecule has 4 amide bonds. The van der Waals surface area contributed by atoms with Crippen LogP contribution in [-0.4, -0.2) is 99.6 Å². The van der Waals surface area contributed by atoms with Gasteiger partial charge in [0.1, 0.15) is 5.60 Å². The standard InChI is InChI=1S/C37H54N4O7/c1-25(2)41(34(42)27-17-18-31(46-8)32(21-27)47-20-12-19-45-7)23-28-22-40(36(44)48-37(3,4)5)24-30(28)33(26-15-16-26)38-35(43)39(6)29-13-10-9-11-14-29/h9-11,13-14,17-18,21,25-26,28,30,33H,12,15-16,19-20,22-24H2,1-8H3,(H,38,43)/t28-,30-,33?/m0/s1. The van der Waals surface area contributed by atoms with E-state index < -0.39 is 5.60 Å². The molecule has 0 radical (unpaired) electrons. The van der Waals surface area contributed by atoms with E-state index in [1.807, 2.05) is 69.9 Å². The molecule has 4 rings (SSSR count). The Morgan fingerprint density at radius 1 is 0.979 bits per heavy atom. The summed E-state index contributed by atoms with van der Waals surface area (Å²) in [5, 5.41) is 3.33. The smallest absolute Gasteiger partial charge is 0.410 e. The molecule has 0 spiro atoms. The van der Waals surface area contributed by atoms with Gasteiger partial charge in [-0.25, -0.2) is 9.59 Å². The fraction of sp³-hybridized carbons (Fsp3) is 0.595. The summed E-state index contributed by atoms with van der Waals surface area (Å²) < 4.78 is 22.4. The monoisotopic (exact) mass is 666 g/mol. The van der Waals surface area contributed by atoms with E-state index in [9.17, 15) is 14.4 Å². The Balaban J connectivity index is 1.59. The first kappa shape index (κ1) is 36.8. The highest BCUT2D eigenvalue weighted by molar-refractivity contribution is 5.95. The number of nitrogens with one attached hydrogen (secondary N) is 1. The van der Waals surface area contributed by atoms with E-state index in [0.717, 1.165) is 18.5 Å². The highest BCUT2D eigenvalue weighted by Crippen LogP contribution is 2.41. The minimum atomic E-state index is -0.648. The first-order valence-corrected chi connectivity index (χ1v) is 17.0. The maximum Gasteiger partial charge on any atom is 0.410 e. The topological polar surface area (TPSA) is 110 Å². The van der Waals surface area contributed by atoms with Crippen molar-refractivity contribution in [2.45, 2.75) is 71.6 Å². The zero-order valence-electron chi connectivity index (χ0n) is 29.9. The van der Waals surface area contributed by atoms with Crippen molar-refractivity contribution in [3.8, 4) is 11.5 Å². The first-order valence-electron chi connectivity index (χ1n) is 17.0. The zero-order chi connectivity index (χ0) is 35.0. The summed E-state index contributed by atoms with van der Waals surface area (Å²) >= 11 is 0. The van der Waals surface area contributed by atoms with E-state index in [1.165, 1.54) is 0 Å². The molecule has 1 heterocycles. The van der Waals surface area contributed by atoms with Crippen molar-refractivity contribution < 1.29 is 33.3 Å². The Bertz CT molecular complexity index is 1380. The van der Waals surface area contributed by atoms with Gasteiger partial charge in [-0.05, 0) is 83.7 Å². The number of carbonyl (C=O) groups is 3. The number of likely N-dealkylation sites (tertiary alicyclic amines) is 1. The maximum absolute atomic E-state index is 14.2. The summed E-state index contributed by atoms with van der Waals surface area (Å²) in [6, 6.07) is 14.3. The Labute approximate surface area is 285 Å². The lowest BCUT2D eigenvalue weighted by atomic mass is 9.85. The van der Waals surface area contributed by atoms with Crippen LogP contribution in [0.15, 0.2) is 48.5 Å². The second-order valence-corrected chi connectivity index (χ2v) is 14.1. The number of benzene rings is 2. The molecule has 2 aromatic rings. The molecule has 11 nitrogen and oxygen atoms in total. The van der Waals surface area contributed by atoms with Crippen molar-refractivity contribution in [3.05, 3.63) is 54.1 Å².